The second kappa shape index (κ2) is 5.67. The maximum absolute atomic E-state index is 13.4. The Hall–Kier alpha value is -1.83. The molecule has 1 aliphatic carbocycles. The Morgan fingerprint density at radius 3 is 2.52 bits per heavy atom. The van der Waals surface area contributed by atoms with Crippen LogP contribution in [0.4, 0.5) is 18.0 Å². The first-order valence-corrected chi connectivity index (χ1v) is 7.50. The molecule has 1 aromatic carbocycles. The van der Waals surface area contributed by atoms with Gasteiger partial charge in [-0.05, 0) is 25.0 Å². The van der Waals surface area contributed by atoms with Gasteiger partial charge in [-0.25, -0.2) is 4.79 Å². The molecular weight excluding hydrogens is 337 g/mol. The summed E-state index contributed by atoms with van der Waals surface area (Å²) in [5.74, 6) is -3.59. The van der Waals surface area contributed by atoms with Gasteiger partial charge in [0.25, 0.3) is 0 Å². The van der Waals surface area contributed by atoms with Crippen LogP contribution in [-0.2, 0) is 0 Å². The quantitative estimate of drug-likeness (QED) is 0.857. The number of hydrogen-bond donors (Lipinski definition) is 2. The minimum Gasteiger partial charge on any atom is -0.424 e. The van der Waals surface area contributed by atoms with E-state index in [-0.39, 0.29) is 22.6 Å². The lowest BCUT2D eigenvalue weighted by atomic mass is 10.2. The van der Waals surface area contributed by atoms with Crippen molar-refractivity contribution in [3.05, 3.63) is 23.2 Å². The summed E-state index contributed by atoms with van der Waals surface area (Å²) in [5.41, 5.74) is 0. The molecule has 2 amide bonds. The summed E-state index contributed by atoms with van der Waals surface area (Å²) in [6, 6.07) is 2.68. The Kier molecular flexibility index (Phi) is 3.95. The minimum atomic E-state index is -4.98. The van der Waals surface area contributed by atoms with Crippen molar-refractivity contribution in [1.82, 2.24) is 10.6 Å². The van der Waals surface area contributed by atoms with Crippen LogP contribution in [0.15, 0.2) is 18.2 Å². The zero-order valence-corrected chi connectivity index (χ0v) is 12.6. The fraction of sp³-hybridized carbons (Fsp3) is 0.500. The number of benzene rings is 1. The van der Waals surface area contributed by atoms with Crippen molar-refractivity contribution in [3.63, 3.8) is 0 Å². The molecule has 9 heteroatoms. The SMILES string of the molecule is O=C(NC1CCCC1)N[C@]1(C(F)(F)F)Oc2ccc(Cl)cc2O1. The fourth-order valence-electron chi connectivity index (χ4n) is 2.66. The summed E-state index contributed by atoms with van der Waals surface area (Å²) >= 11 is 5.73. The molecule has 1 aliphatic heterocycles. The van der Waals surface area contributed by atoms with Gasteiger partial charge in [0.2, 0.25) is 0 Å². The largest absolute Gasteiger partial charge is 0.492 e. The molecule has 3 rings (SSSR count). The lowest BCUT2D eigenvalue weighted by Gasteiger charge is -2.30. The predicted octanol–water partition coefficient (Wildman–Crippen LogP) is 3.57. The molecule has 2 aliphatic rings. The molecule has 1 fully saturated rings. The third kappa shape index (κ3) is 3.12. The highest BCUT2D eigenvalue weighted by atomic mass is 35.5. The van der Waals surface area contributed by atoms with Crippen molar-refractivity contribution in [2.45, 2.75) is 43.8 Å². The highest BCUT2D eigenvalue weighted by Gasteiger charge is 2.65. The number of carbonyl (C=O) groups is 1. The average molecular weight is 351 g/mol. The van der Waals surface area contributed by atoms with Crippen LogP contribution in [0.25, 0.3) is 0 Å². The molecule has 2 N–H and O–H groups in total. The number of hydrogen-bond acceptors (Lipinski definition) is 3. The number of amides is 2. The molecule has 0 spiro atoms. The Balaban J connectivity index is 1.78. The smallest absolute Gasteiger partial charge is 0.424 e. The van der Waals surface area contributed by atoms with Gasteiger partial charge in [0.15, 0.2) is 11.5 Å². The van der Waals surface area contributed by atoms with E-state index >= 15 is 0 Å². The Morgan fingerprint density at radius 1 is 1.22 bits per heavy atom. The van der Waals surface area contributed by atoms with E-state index in [0.717, 1.165) is 25.7 Å². The van der Waals surface area contributed by atoms with E-state index < -0.39 is 18.1 Å². The summed E-state index contributed by atoms with van der Waals surface area (Å²) in [4.78, 5) is 11.9. The molecule has 1 atom stereocenters. The van der Waals surface area contributed by atoms with Crippen LogP contribution >= 0.6 is 11.6 Å². The first-order valence-electron chi connectivity index (χ1n) is 7.12. The normalized spacial score (nSPS) is 23.8. The maximum atomic E-state index is 13.4. The number of carbonyl (C=O) groups excluding carboxylic acids is 1. The topological polar surface area (TPSA) is 59.6 Å². The lowest BCUT2D eigenvalue weighted by molar-refractivity contribution is -0.317. The number of rotatable bonds is 2. The molecule has 0 aromatic heterocycles. The standard InChI is InChI=1S/C14H14ClF3N2O3/c15-8-5-6-10-11(7-8)23-14(22-10,13(16,17)18)20-12(21)19-9-3-1-2-4-9/h5-7,9H,1-4H2,(H2,19,20,21)/t14-/m1/s1. The second-order valence-electron chi connectivity index (χ2n) is 5.49. The number of nitrogens with one attached hydrogen (secondary N) is 2. The zero-order valence-electron chi connectivity index (χ0n) is 11.9. The molecule has 126 valence electrons. The molecule has 0 radical (unpaired) electrons. The minimum absolute atomic E-state index is 0.140. The third-order valence-corrected chi connectivity index (χ3v) is 3.99. The van der Waals surface area contributed by atoms with Gasteiger partial charge in [-0.3, -0.25) is 5.32 Å². The zero-order chi connectivity index (χ0) is 16.7. The summed E-state index contributed by atoms with van der Waals surface area (Å²) < 4.78 is 50.0. The first kappa shape index (κ1) is 16.0. The average Bonchev–Trinajstić information content (AvgIpc) is 3.04. The van der Waals surface area contributed by atoms with E-state index in [1.807, 2.05) is 0 Å². The highest BCUT2D eigenvalue weighted by Crippen LogP contribution is 2.46. The van der Waals surface area contributed by atoms with E-state index in [1.54, 1.807) is 5.32 Å². The summed E-state index contributed by atoms with van der Waals surface area (Å²) in [7, 11) is 0. The van der Waals surface area contributed by atoms with Gasteiger partial charge in [0.05, 0.1) is 0 Å². The van der Waals surface area contributed by atoms with Gasteiger partial charge in [0, 0.05) is 17.1 Å². The molecule has 0 unspecified atom stereocenters. The predicted molar refractivity (Wildman–Crippen MR) is 75.4 cm³/mol. The molecule has 1 heterocycles. The van der Waals surface area contributed by atoms with Crippen molar-refractivity contribution in [2.75, 3.05) is 0 Å². The molecule has 5 nitrogen and oxygen atoms in total. The number of halogens is 4. The Labute approximate surface area is 135 Å². The van der Waals surface area contributed by atoms with Gasteiger partial charge >= 0.3 is 18.1 Å². The van der Waals surface area contributed by atoms with Crippen molar-refractivity contribution >= 4 is 17.6 Å². The van der Waals surface area contributed by atoms with Crippen LogP contribution in [0.5, 0.6) is 11.5 Å². The van der Waals surface area contributed by atoms with Gasteiger partial charge < -0.3 is 14.8 Å². The number of ether oxygens (including phenoxy) is 2. The summed E-state index contributed by atoms with van der Waals surface area (Å²) in [6.07, 6.45) is -1.63. The van der Waals surface area contributed by atoms with E-state index in [2.05, 4.69) is 5.32 Å². The monoisotopic (exact) mass is 350 g/mol. The van der Waals surface area contributed by atoms with Gasteiger partial charge in [-0.1, -0.05) is 24.4 Å². The van der Waals surface area contributed by atoms with E-state index in [9.17, 15) is 18.0 Å². The van der Waals surface area contributed by atoms with Crippen LogP contribution in [0.2, 0.25) is 5.02 Å². The van der Waals surface area contributed by atoms with Gasteiger partial charge in [0.1, 0.15) is 0 Å². The number of fused-ring (bicyclic) bond motifs is 1. The van der Waals surface area contributed by atoms with Crippen LogP contribution in [-0.4, -0.2) is 24.2 Å². The van der Waals surface area contributed by atoms with Crippen molar-refractivity contribution < 1.29 is 27.4 Å². The molecule has 1 saturated carbocycles. The van der Waals surface area contributed by atoms with Crippen molar-refractivity contribution in [3.8, 4) is 11.5 Å². The van der Waals surface area contributed by atoms with Crippen LogP contribution in [0, 0.1) is 0 Å². The first-order chi connectivity index (χ1) is 10.8. The summed E-state index contributed by atoms with van der Waals surface area (Å²) in [6.45, 7) is 0. The second-order valence-corrected chi connectivity index (χ2v) is 5.93. The van der Waals surface area contributed by atoms with Crippen LogP contribution in [0.1, 0.15) is 25.7 Å². The highest BCUT2D eigenvalue weighted by molar-refractivity contribution is 6.30. The third-order valence-electron chi connectivity index (χ3n) is 3.75. The number of alkyl halides is 3. The van der Waals surface area contributed by atoms with E-state index in [0.29, 0.717) is 0 Å². The van der Waals surface area contributed by atoms with Gasteiger partial charge in [-0.2, -0.15) is 13.2 Å². The molecular formula is C14H14ClF3N2O3. The lowest BCUT2D eigenvalue weighted by Crippen LogP contribution is -2.66. The maximum Gasteiger partial charge on any atom is 0.492 e. The number of urea groups is 1. The van der Waals surface area contributed by atoms with Crippen molar-refractivity contribution in [1.29, 1.82) is 0 Å². The molecule has 0 saturated heterocycles. The van der Waals surface area contributed by atoms with Gasteiger partial charge in [-0.15, -0.1) is 0 Å². The molecule has 1 aromatic rings. The fourth-order valence-corrected chi connectivity index (χ4v) is 2.82. The van der Waals surface area contributed by atoms with Crippen LogP contribution in [0.3, 0.4) is 0 Å². The molecule has 23 heavy (non-hydrogen) atoms. The van der Waals surface area contributed by atoms with Crippen LogP contribution < -0.4 is 20.1 Å². The van der Waals surface area contributed by atoms with E-state index in [1.165, 1.54) is 18.2 Å². The van der Waals surface area contributed by atoms with E-state index in [4.69, 9.17) is 21.1 Å². The summed E-state index contributed by atoms with van der Waals surface area (Å²) in [5, 5.41) is 4.46. The Bertz CT molecular complexity index is 620. The molecule has 0 bridgehead atoms. The Morgan fingerprint density at radius 2 is 1.87 bits per heavy atom. The van der Waals surface area contributed by atoms with Crippen molar-refractivity contribution in [2.24, 2.45) is 0 Å².